The van der Waals surface area contributed by atoms with Gasteiger partial charge in [-0.25, -0.2) is 0 Å². The van der Waals surface area contributed by atoms with Gasteiger partial charge in [-0.05, 0) is 24.0 Å². The van der Waals surface area contributed by atoms with Crippen molar-refractivity contribution >= 4 is 30.1 Å². The molecular weight excluding hydrogens is 304 g/mol. The lowest BCUT2D eigenvalue weighted by atomic mass is 10.0. The van der Waals surface area contributed by atoms with Crippen molar-refractivity contribution in [3.8, 4) is 0 Å². The molecule has 0 radical (unpaired) electrons. The number of halogens is 1. The number of thioether (sulfide) groups is 1. The molecule has 3 nitrogen and oxygen atoms in total. The van der Waals surface area contributed by atoms with E-state index in [1.165, 1.54) is 0 Å². The monoisotopic (exact) mass is 326 g/mol. The molecular formula is C16H23ClN2OS. The number of carbonyl (C=O) groups is 1. The topological polar surface area (TPSA) is 32.3 Å². The maximum atomic E-state index is 12.8. The minimum atomic E-state index is 0. The van der Waals surface area contributed by atoms with Crippen molar-refractivity contribution in [2.75, 3.05) is 26.2 Å². The summed E-state index contributed by atoms with van der Waals surface area (Å²) >= 11 is 1.77. The molecule has 0 saturated carbocycles. The molecule has 1 N–H and O–H groups in total. The molecule has 5 heteroatoms. The van der Waals surface area contributed by atoms with E-state index in [9.17, 15) is 4.79 Å². The number of nitrogens with zero attached hydrogens (tertiary/aromatic N) is 1. The van der Waals surface area contributed by atoms with Gasteiger partial charge in [-0.2, -0.15) is 0 Å². The molecule has 2 saturated heterocycles. The van der Waals surface area contributed by atoms with Crippen LogP contribution in [0.2, 0.25) is 0 Å². The Labute approximate surface area is 137 Å². The van der Waals surface area contributed by atoms with Gasteiger partial charge >= 0.3 is 0 Å². The van der Waals surface area contributed by atoms with E-state index < -0.39 is 0 Å². The Kier molecular flexibility index (Phi) is 5.58. The summed E-state index contributed by atoms with van der Waals surface area (Å²) in [4.78, 5) is 15.9. The summed E-state index contributed by atoms with van der Waals surface area (Å²) in [5, 5.41) is 3.91. The second-order valence-electron chi connectivity index (χ2n) is 6.05. The highest BCUT2D eigenvalue weighted by molar-refractivity contribution is 8.00. The van der Waals surface area contributed by atoms with Gasteiger partial charge in [-0.3, -0.25) is 4.79 Å². The number of hydrogen-bond donors (Lipinski definition) is 1. The smallest absolute Gasteiger partial charge is 0.255 e. The summed E-state index contributed by atoms with van der Waals surface area (Å²) in [6.45, 7) is 8.29. The highest BCUT2D eigenvalue weighted by Gasteiger charge is 2.38. The molecule has 0 bridgehead atoms. The summed E-state index contributed by atoms with van der Waals surface area (Å²) in [5.74, 6) is 1.52. The fourth-order valence-electron chi connectivity index (χ4n) is 3.19. The van der Waals surface area contributed by atoms with Gasteiger partial charge < -0.3 is 10.2 Å². The Morgan fingerprint density at radius 1 is 1.24 bits per heavy atom. The number of carbonyl (C=O) groups excluding carboxylic acids is 1. The van der Waals surface area contributed by atoms with E-state index in [0.29, 0.717) is 17.1 Å². The van der Waals surface area contributed by atoms with Crippen molar-refractivity contribution in [2.24, 2.45) is 11.8 Å². The third kappa shape index (κ3) is 3.55. The molecule has 116 valence electrons. The lowest BCUT2D eigenvalue weighted by Crippen LogP contribution is -2.32. The van der Waals surface area contributed by atoms with Crippen LogP contribution in [0.3, 0.4) is 0 Å². The average Bonchev–Trinajstić information content (AvgIpc) is 2.98. The van der Waals surface area contributed by atoms with E-state index in [4.69, 9.17) is 0 Å². The zero-order chi connectivity index (χ0) is 14.1. The number of amides is 1. The highest BCUT2D eigenvalue weighted by atomic mass is 35.5. The molecule has 0 unspecified atom stereocenters. The van der Waals surface area contributed by atoms with Crippen molar-refractivity contribution in [1.29, 1.82) is 0 Å². The molecule has 3 rings (SSSR count). The van der Waals surface area contributed by atoms with Crippen molar-refractivity contribution in [2.45, 2.75) is 24.0 Å². The molecule has 2 aliphatic rings. The molecule has 1 aromatic rings. The predicted octanol–water partition coefficient (Wildman–Crippen LogP) is 2.90. The van der Waals surface area contributed by atoms with Gasteiger partial charge in [0.15, 0.2) is 0 Å². The van der Waals surface area contributed by atoms with Crippen LogP contribution in [0.15, 0.2) is 29.2 Å². The SMILES string of the molecule is CC(C)Sc1ccccc1C(=O)N1C[C@H]2CNC[C@H]2C1.Cl. The molecule has 21 heavy (non-hydrogen) atoms. The Balaban J connectivity index is 0.00000161. The second kappa shape index (κ2) is 7.03. The number of hydrogen-bond acceptors (Lipinski definition) is 3. The van der Waals surface area contributed by atoms with Crippen LogP contribution in [0.5, 0.6) is 0 Å². The largest absolute Gasteiger partial charge is 0.338 e. The number of benzene rings is 1. The van der Waals surface area contributed by atoms with E-state index in [2.05, 4.69) is 30.1 Å². The molecule has 2 fully saturated rings. The summed E-state index contributed by atoms with van der Waals surface area (Å²) in [6.07, 6.45) is 0. The Bertz CT molecular complexity index is 497. The lowest BCUT2D eigenvalue weighted by molar-refractivity contribution is 0.0778. The first-order valence-corrected chi connectivity index (χ1v) is 8.29. The van der Waals surface area contributed by atoms with E-state index >= 15 is 0 Å². The summed E-state index contributed by atoms with van der Waals surface area (Å²) < 4.78 is 0. The van der Waals surface area contributed by atoms with Gasteiger partial charge in [0.2, 0.25) is 0 Å². The number of rotatable bonds is 3. The van der Waals surface area contributed by atoms with E-state index in [1.54, 1.807) is 11.8 Å². The highest BCUT2D eigenvalue weighted by Crippen LogP contribution is 2.31. The van der Waals surface area contributed by atoms with Crippen LogP contribution >= 0.6 is 24.2 Å². The number of likely N-dealkylation sites (tertiary alicyclic amines) is 1. The van der Waals surface area contributed by atoms with Gasteiger partial charge in [0.05, 0.1) is 5.56 Å². The van der Waals surface area contributed by atoms with Gasteiger partial charge in [0, 0.05) is 36.3 Å². The normalized spacial score (nSPS) is 24.0. The lowest BCUT2D eigenvalue weighted by Gasteiger charge is -2.19. The van der Waals surface area contributed by atoms with Crippen LogP contribution in [-0.4, -0.2) is 42.2 Å². The van der Waals surface area contributed by atoms with Crippen molar-refractivity contribution < 1.29 is 4.79 Å². The average molecular weight is 327 g/mol. The molecule has 1 aromatic carbocycles. The van der Waals surface area contributed by atoms with Crippen LogP contribution in [0.25, 0.3) is 0 Å². The first-order valence-electron chi connectivity index (χ1n) is 7.41. The number of nitrogens with one attached hydrogen (secondary N) is 1. The van der Waals surface area contributed by atoms with Gasteiger partial charge in [-0.1, -0.05) is 26.0 Å². The van der Waals surface area contributed by atoms with Crippen LogP contribution in [-0.2, 0) is 0 Å². The molecule has 2 heterocycles. The van der Waals surface area contributed by atoms with E-state index in [0.717, 1.165) is 36.6 Å². The number of fused-ring (bicyclic) bond motifs is 1. The van der Waals surface area contributed by atoms with Crippen molar-refractivity contribution in [3.63, 3.8) is 0 Å². The zero-order valence-electron chi connectivity index (χ0n) is 12.5. The second-order valence-corrected chi connectivity index (χ2v) is 7.67. The first-order chi connectivity index (χ1) is 9.65. The third-order valence-electron chi connectivity index (χ3n) is 4.16. The fourth-order valence-corrected chi connectivity index (χ4v) is 4.14. The molecule has 0 spiro atoms. The summed E-state index contributed by atoms with van der Waals surface area (Å²) in [5.41, 5.74) is 0.874. The molecule has 2 atom stereocenters. The molecule has 1 amide bonds. The van der Waals surface area contributed by atoms with Gasteiger partial charge in [-0.15, -0.1) is 24.2 Å². The molecule has 0 aromatic heterocycles. The Hall–Kier alpha value is -0.710. The van der Waals surface area contributed by atoms with Crippen LogP contribution in [0.1, 0.15) is 24.2 Å². The maximum absolute atomic E-state index is 12.8. The molecule has 2 aliphatic heterocycles. The molecule has 0 aliphatic carbocycles. The Morgan fingerprint density at radius 2 is 1.86 bits per heavy atom. The first kappa shape index (κ1) is 16.7. The van der Waals surface area contributed by atoms with E-state index in [1.807, 2.05) is 18.2 Å². The standard InChI is InChI=1S/C16H22N2OS.ClH/c1-11(2)20-15-6-4-3-5-14(15)16(19)18-9-12-7-17-8-13(12)10-18;/h3-6,11-13,17H,7-10H2,1-2H3;1H/t12-,13+;. The maximum Gasteiger partial charge on any atom is 0.255 e. The van der Waals surface area contributed by atoms with Crippen molar-refractivity contribution in [3.05, 3.63) is 29.8 Å². The van der Waals surface area contributed by atoms with Gasteiger partial charge in [0.25, 0.3) is 5.91 Å². The predicted molar refractivity (Wildman–Crippen MR) is 90.4 cm³/mol. The summed E-state index contributed by atoms with van der Waals surface area (Å²) in [6, 6.07) is 8.02. The summed E-state index contributed by atoms with van der Waals surface area (Å²) in [7, 11) is 0. The Morgan fingerprint density at radius 3 is 2.48 bits per heavy atom. The quantitative estimate of drug-likeness (QED) is 0.867. The minimum absolute atomic E-state index is 0. The third-order valence-corrected chi connectivity index (χ3v) is 5.24. The van der Waals surface area contributed by atoms with Crippen LogP contribution in [0, 0.1) is 11.8 Å². The van der Waals surface area contributed by atoms with Crippen molar-refractivity contribution in [1.82, 2.24) is 10.2 Å². The van der Waals surface area contributed by atoms with Crippen LogP contribution < -0.4 is 5.32 Å². The van der Waals surface area contributed by atoms with Gasteiger partial charge in [0.1, 0.15) is 0 Å². The minimum Gasteiger partial charge on any atom is -0.338 e. The zero-order valence-corrected chi connectivity index (χ0v) is 14.2. The fraction of sp³-hybridized carbons (Fsp3) is 0.562. The van der Waals surface area contributed by atoms with Crippen LogP contribution in [0.4, 0.5) is 0 Å². The van der Waals surface area contributed by atoms with E-state index in [-0.39, 0.29) is 18.3 Å².